The Morgan fingerprint density at radius 3 is 2.52 bits per heavy atom. The van der Waals surface area contributed by atoms with Gasteiger partial charge in [-0.25, -0.2) is 9.18 Å². The fourth-order valence-electron chi connectivity index (χ4n) is 2.80. The van der Waals surface area contributed by atoms with Gasteiger partial charge in [0.05, 0.1) is 11.7 Å². The molecule has 3 rings (SSSR count). The predicted octanol–water partition coefficient (Wildman–Crippen LogP) is 3.87. The van der Waals surface area contributed by atoms with E-state index < -0.39 is 18.5 Å². The lowest BCUT2D eigenvalue weighted by atomic mass is 10.0. The molecule has 0 saturated carbocycles. The number of amides is 1. The van der Waals surface area contributed by atoms with Crippen molar-refractivity contribution in [2.45, 2.75) is 26.8 Å². The topological polar surface area (TPSA) is 84.1 Å². The summed E-state index contributed by atoms with van der Waals surface area (Å²) in [5, 5.41) is 9.40. The van der Waals surface area contributed by atoms with E-state index in [1.807, 2.05) is 39.0 Å². The second-order valence-corrected chi connectivity index (χ2v) is 6.88. The Kier molecular flexibility index (Phi) is 6.07. The molecule has 29 heavy (non-hydrogen) atoms. The van der Waals surface area contributed by atoms with E-state index in [1.165, 1.54) is 23.8 Å². The smallest absolute Gasteiger partial charge is 0.356 e. The number of benzene rings is 2. The molecular formula is C22H22FN3O3. The Hall–Kier alpha value is -3.48. The minimum Gasteiger partial charge on any atom is -0.451 e. The quantitative estimate of drug-likeness (QED) is 0.621. The summed E-state index contributed by atoms with van der Waals surface area (Å²) in [4.78, 5) is 24.3. The zero-order valence-electron chi connectivity index (χ0n) is 16.5. The Labute approximate surface area is 168 Å². The molecule has 0 aliphatic heterocycles. The number of H-pyrrole nitrogens is 1. The summed E-state index contributed by atoms with van der Waals surface area (Å²) in [6.07, 6.45) is 0. The lowest BCUT2D eigenvalue weighted by Gasteiger charge is -2.15. The van der Waals surface area contributed by atoms with Crippen molar-refractivity contribution in [2.75, 3.05) is 6.61 Å². The van der Waals surface area contributed by atoms with Crippen molar-refractivity contribution in [3.63, 3.8) is 0 Å². The average molecular weight is 395 g/mol. The maximum atomic E-state index is 13.0. The first-order chi connectivity index (χ1) is 13.8. The van der Waals surface area contributed by atoms with Gasteiger partial charge < -0.3 is 10.1 Å². The van der Waals surface area contributed by atoms with Crippen LogP contribution in [-0.4, -0.2) is 28.7 Å². The lowest BCUT2D eigenvalue weighted by molar-refractivity contribution is -0.124. The molecule has 3 aromatic rings. The Balaban J connectivity index is 1.54. The number of aryl methyl sites for hydroxylation is 2. The van der Waals surface area contributed by atoms with Crippen molar-refractivity contribution >= 4 is 11.9 Å². The summed E-state index contributed by atoms with van der Waals surface area (Å²) >= 11 is 0. The maximum absolute atomic E-state index is 13.0. The van der Waals surface area contributed by atoms with Gasteiger partial charge in [-0.3, -0.25) is 9.89 Å². The largest absolute Gasteiger partial charge is 0.451 e. The van der Waals surface area contributed by atoms with E-state index in [2.05, 4.69) is 15.5 Å². The molecule has 1 heterocycles. The van der Waals surface area contributed by atoms with E-state index >= 15 is 0 Å². The van der Waals surface area contributed by atoms with Crippen LogP contribution in [0.5, 0.6) is 0 Å². The first-order valence-electron chi connectivity index (χ1n) is 9.18. The van der Waals surface area contributed by atoms with Gasteiger partial charge in [0.2, 0.25) is 0 Å². The van der Waals surface area contributed by atoms with Gasteiger partial charge in [0.25, 0.3) is 5.91 Å². The SMILES string of the molecule is Cc1ccc(C(C)NC(=O)COC(=O)c2cc(-c3ccc(F)cc3)n[nH]2)cc1C. The molecule has 2 aromatic carbocycles. The molecule has 0 saturated heterocycles. The highest BCUT2D eigenvalue weighted by Gasteiger charge is 2.16. The van der Waals surface area contributed by atoms with Crippen LogP contribution in [0.3, 0.4) is 0 Å². The van der Waals surface area contributed by atoms with Gasteiger partial charge in [0.15, 0.2) is 6.61 Å². The number of nitrogens with one attached hydrogen (secondary N) is 2. The van der Waals surface area contributed by atoms with Crippen LogP contribution in [0.2, 0.25) is 0 Å². The van der Waals surface area contributed by atoms with Crippen LogP contribution in [0.1, 0.15) is 40.1 Å². The van der Waals surface area contributed by atoms with Crippen LogP contribution in [0.15, 0.2) is 48.5 Å². The molecule has 7 heteroatoms. The Bertz CT molecular complexity index is 1030. The van der Waals surface area contributed by atoms with Crippen LogP contribution in [-0.2, 0) is 9.53 Å². The van der Waals surface area contributed by atoms with Gasteiger partial charge in [0.1, 0.15) is 11.5 Å². The molecule has 0 aliphatic carbocycles. The number of carbonyl (C=O) groups is 2. The number of halogens is 1. The fourth-order valence-corrected chi connectivity index (χ4v) is 2.80. The van der Waals surface area contributed by atoms with Crippen LogP contribution in [0.25, 0.3) is 11.3 Å². The van der Waals surface area contributed by atoms with Crippen LogP contribution in [0, 0.1) is 19.7 Å². The summed E-state index contributed by atoms with van der Waals surface area (Å²) in [5.74, 6) is -1.45. The first kappa shape index (κ1) is 20.3. The van der Waals surface area contributed by atoms with E-state index in [0.29, 0.717) is 11.3 Å². The van der Waals surface area contributed by atoms with Crippen LogP contribution < -0.4 is 5.32 Å². The molecule has 1 unspecified atom stereocenters. The molecule has 0 aliphatic rings. The van der Waals surface area contributed by atoms with Crippen molar-refractivity contribution < 1.29 is 18.7 Å². The van der Waals surface area contributed by atoms with Crippen molar-refractivity contribution in [1.29, 1.82) is 0 Å². The lowest BCUT2D eigenvalue weighted by Crippen LogP contribution is -2.31. The average Bonchev–Trinajstić information content (AvgIpc) is 3.19. The second-order valence-electron chi connectivity index (χ2n) is 6.88. The number of rotatable bonds is 6. The summed E-state index contributed by atoms with van der Waals surface area (Å²) in [6.45, 7) is 5.51. The minimum atomic E-state index is -0.695. The molecule has 150 valence electrons. The molecule has 1 aromatic heterocycles. The Morgan fingerprint density at radius 2 is 1.83 bits per heavy atom. The molecule has 2 N–H and O–H groups in total. The summed E-state index contributed by atoms with van der Waals surface area (Å²) in [7, 11) is 0. The summed E-state index contributed by atoms with van der Waals surface area (Å²) in [5.41, 5.74) is 4.54. The zero-order valence-corrected chi connectivity index (χ0v) is 16.5. The van der Waals surface area contributed by atoms with E-state index in [4.69, 9.17) is 4.74 Å². The number of esters is 1. The van der Waals surface area contributed by atoms with Gasteiger partial charge in [0, 0.05) is 5.56 Å². The van der Waals surface area contributed by atoms with Crippen molar-refractivity contribution in [3.05, 3.63) is 76.7 Å². The summed E-state index contributed by atoms with van der Waals surface area (Å²) in [6, 6.07) is 13.0. The number of hydrogen-bond acceptors (Lipinski definition) is 4. The number of hydrogen-bond donors (Lipinski definition) is 2. The fraction of sp³-hybridized carbons (Fsp3) is 0.227. The molecular weight excluding hydrogens is 373 g/mol. The Morgan fingerprint density at radius 1 is 1.10 bits per heavy atom. The maximum Gasteiger partial charge on any atom is 0.356 e. The number of carbonyl (C=O) groups excluding carboxylic acids is 2. The van der Waals surface area contributed by atoms with E-state index in [9.17, 15) is 14.0 Å². The van der Waals surface area contributed by atoms with Gasteiger partial charge in [-0.1, -0.05) is 18.2 Å². The minimum absolute atomic E-state index is 0.110. The molecule has 0 fully saturated rings. The number of aromatic amines is 1. The normalized spacial score (nSPS) is 11.7. The molecule has 1 amide bonds. The van der Waals surface area contributed by atoms with Crippen LogP contribution >= 0.6 is 0 Å². The highest BCUT2D eigenvalue weighted by molar-refractivity contribution is 5.90. The zero-order chi connectivity index (χ0) is 21.0. The number of aromatic nitrogens is 2. The van der Waals surface area contributed by atoms with E-state index in [1.54, 1.807) is 12.1 Å². The highest BCUT2D eigenvalue weighted by Crippen LogP contribution is 2.19. The molecule has 0 bridgehead atoms. The molecule has 6 nitrogen and oxygen atoms in total. The predicted molar refractivity (Wildman–Crippen MR) is 107 cm³/mol. The molecule has 1 atom stereocenters. The summed E-state index contributed by atoms with van der Waals surface area (Å²) < 4.78 is 18.1. The number of nitrogens with zero attached hydrogens (tertiary/aromatic N) is 1. The second kappa shape index (κ2) is 8.68. The van der Waals surface area contributed by atoms with Gasteiger partial charge in [-0.15, -0.1) is 0 Å². The third kappa shape index (κ3) is 5.07. The third-order valence-corrected chi connectivity index (χ3v) is 4.68. The van der Waals surface area contributed by atoms with Crippen molar-refractivity contribution in [3.8, 4) is 11.3 Å². The van der Waals surface area contributed by atoms with Crippen LogP contribution in [0.4, 0.5) is 4.39 Å². The van der Waals surface area contributed by atoms with Crippen molar-refractivity contribution in [2.24, 2.45) is 0 Å². The number of ether oxygens (including phenoxy) is 1. The third-order valence-electron chi connectivity index (χ3n) is 4.68. The van der Waals surface area contributed by atoms with Gasteiger partial charge >= 0.3 is 5.97 Å². The monoisotopic (exact) mass is 395 g/mol. The highest BCUT2D eigenvalue weighted by atomic mass is 19.1. The van der Waals surface area contributed by atoms with Gasteiger partial charge in [-0.2, -0.15) is 5.10 Å². The van der Waals surface area contributed by atoms with E-state index in [0.717, 1.165) is 11.1 Å². The first-order valence-corrected chi connectivity index (χ1v) is 9.18. The standard InChI is InChI=1S/C22H22FN3O3/c1-13-4-5-17(10-14(13)2)15(3)24-21(27)12-29-22(28)20-11-19(25-26-20)16-6-8-18(23)9-7-16/h4-11,15H,12H2,1-3H3,(H,24,27)(H,25,26). The van der Waals surface area contributed by atoms with E-state index in [-0.39, 0.29) is 17.6 Å². The van der Waals surface area contributed by atoms with Gasteiger partial charge in [-0.05, 0) is 67.8 Å². The molecule has 0 radical (unpaired) electrons. The molecule has 0 spiro atoms. The van der Waals surface area contributed by atoms with Crippen molar-refractivity contribution in [1.82, 2.24) is 15.5 Å².